The first-order valence-electron chi connectivity index (χ1n) is 19.0. The SMILES string of the molecule is CCCCCCCCCCCCCCCCCCCC(=O)NCCCCCNC(=O)CCn1c(CN(C)NC)cc2ccccc21. The van der Waals surface area contributed by atoms with Gasteiger partial charge in [-0.1, -0.05) is 128 Å². The van der Waals surface area contributed by atoms with Gasteiger partial charge in [-0.15, -0.1) is 0 Å². The van der Waals surface area contributed by atoms with Crippen molar-refractivity contribution in [2.45, 2.75) is 161 Å². The smallest absolute Gasteiger partial charge is 0.221 e. The molecule has 0 aliphatic rings. The van der Waals surface area contributed by atoms with Crippen LogP contribution in [-0.4, -0.2) is 48.6 Å². The van der Waals surface area contributed by atoms with Gasteiger partial charge in [-0.3, -0.25) is 15.0 Å². The molecule has 2 rings (SSSR count). The Labute approximate surface area is 282 Å². The minimum atomic E-state index is 0.0908. The molecule has 2 amide bonds. The van der Waals surface area contributed by atoms with Crippen LogP contribution >= 0.6 is 0 Å². The van der Waals surface area contributed by atoms with Gasteiger partial charge in [0.1, 0.15) is 0 Å². The van der Waals surface area contributed by atoms with Crippen molar-refractivity contribution in [1.82, 2.24) is 25.6 Å². The van der Waals surface area contributed by atoms with E-state index < -0.39 is 0 Å². The minimum Gasteiger partial charge on any atom is -0.356 e. The first kappa shape index (κ1) is 39.8. The molecule has 1 aromatic carbocycles. The standard InChI is InChI=1S/C39H69N5O2/c1-4-5-6-7-8-9-10-11-12-13-14-15-16-17-18-19-21-28-38(45)41-30-24-20-25-31-42-39(46)29-32-44-36(34-43(3)40-2)33-35-26-22-23-27-37(35)44/h22-23,26-27,33,40H,4-21,24-25,28-32,34H2,1-3H3,(H,41,45)(H,42,46). The monoisotopic (exact) mass is 640 g/mol. The van der Waals surface area contributed by atoms with Crippen LogP contribution in [0.15, 0.2) is 30.3 Å². The van der Waals surface area contributed by atoms with Crippen molar-refractivity contribution in [2.75, 3.05) is 27.2 Å². The highest BCUT2D eigenvalue weighted by Crippen LogP contribution is 2.21. The predicted molar refractivity (Wildman–Crippen MR) is 196 cm³/mol. The van der Waals surface area contributed by atoms with E-state index in [0.717, 1.165) is 38.8 Å². The Hall–Kier alpha value is -2.38. The number of nitrogens with one attached hydrogen (secondary N) is 3. The van der Waals surface area contributed by atoms with Crippen LogP contribution in [0.2, 0.25) is 0 Å². The maximum Gasteiger partial charge on any atom is 0.221 e. The summed E-state index contributed by atoms with van der Waals surface area (Å²) in [7, 11) is 3.93. The summed E-state index contributed by atoms with van der Waals surface area (Å²) in [6.07, 6.45) is 27.1. The number of aryl methyl sites for hydroxylation is 1. The van der Waals surface area contributed by atoms with Gasteiger partial charge in [0, 0.05) is 50.7 Å². The summed E-state index contributed by atoms with van der Waals surface area (Å²) in [6, 6.07) is 10.6. The van der Waals surface area contributed by atoms with Gasteiger partial charge < -0.3 is 15.2 Å². The predicted octanol–water partition coefficient (Wildman–Crippen LogP) is 9.04. The number of nitrogens with zero attached hydrogens (tertiary/aromatic N) is 2. The Morgan fingerprint density at radius 3 is 1.67 bits per heavy atom. The van der Waals surface area contributed by atoms with Crippen molar-refractivity contribution in [1.29, 1.82) is 0 Å². The summed E-state index contributed by atoms with van der Waals surface area (Å²) in [4.78, 5) is 24.7. The van der Waals surface area contributed by atoms with Crippen molar-refractivity contribution in [3.63, 3.8) is 0 Å². The van der Waals surface area contributed by atoms with E-state index >= 15 is 0 Å². The lowest BCUT2D eigenvalue weighted by atomic mass is 10.0. The van der Waals surface area contributed by atoms with Crippen LogP contribution < -0.4 is 16.1 Å². The van der Waals surface area contributed by atoms with E-state index in [9.17, 15) is 9.59 Å². The molecule has 0 fully saturated rings. The van der Waals surface area contributed by atoms with Crippen molar-refractivity contribution >= 4 is 22.7 Å². The molecular weight excluding hydrogens is 570 g/mol. The molecule has 0 aliphatic heterocycles. The van der Waals surface area contributed by atoms with E-state index in [0.29, 0.717) is 25.9 Å². The largest absolute Gasteiger partial charge is 0.356 e. The number of hydrogen-bond donors (Lipinski definition) is 3. The molecule has 2 aromatic rings. The third-order valence-electron chi connectivity index (χ3n) is 9.25. The fraction of sp³-hybridized carbons (Fsp3) is 0.744. The first-order valence-corrected chi connectivity index (χ1v) is 19.0. The van der Waals surface area contributed by atoms with E-state index in [1.165, 1.54) is 119 Å². The second-order valence-corrected chi connectivity index (χ2v) is 13.3. The topological polar surface area (TPSA) is 78.4 Å². The molecule has 0 atom stereocenters. The Kier molecular flexibility index (Phi) is 23.1. The summed E-state index contributed by atoms with van der Waals surface area (Å²) in [5.41, 5.74) is 5.51. The van der Waals surface area contributed by atoms with E-state index in [1.54, 1.807) is 0 Å². The fourth-order valence-corrected chi connectivity index (χ4v) is 6.27. The van der Waals surface area contributed by atoms with E-state index in [2.05, 4.69) is 57.9 Å². The number of carbonyl (C=O) groups is 2. The summed E-state index contributed by atoms with van der Waals surface area (Å²) in [5, 5.41) is 9.39. The van der Waals surface area contributed by atoms with E-state index in [4.69, 9.17) is 0 Å². The number of hydrogen-bond acceptors (Lipinski definition) is 4. The molecule has 7 nitrogen and oxygen atoms in total. The Bertz CT molecular complexity index is 1050. The van der Waals surface area contributed by atoms with Crippen molar-refractivity contribution in [2.24, 2.45) is 0 Å². The second-order valence-electron chi connectivity index (χ2n) is 13.3. The van der Waals surface area contributed by atoms with Gasteiger partial charge in [-0.05, 0) is 50.2 Å². The Morgan fingerprint density at radius 2 is 1.13 bits per heavy atom. The highest BCUT2D eigenvalue weighted by Gasteiger charge is 2.12. The van der Waals surface area contributed by atoms with Crippen LogP contribution in [0.1, 0.15) is 154 Å². The normalized spacial score (nSPS) is 11.5. The number of unbranched alkanes of at least 4 members (excludes halogenated alkanes) is 18. The summed E-state index contributed by atoms with van der Waals surface area (Å²) >= 11 is 0. The van der Waals surface area contributed by atoms with Crippen LogP contribution in [0.5, 0.6) is 0 Å². The molecular formula is C39H69N5O2. The molecule has 7 heteroatoms. The number of para-hydroxylation sites is 1. The molecule has 1 aromatic heterocycles. The Balaban J connectivity index is 1.37. The number of carbonyl (C=O) groups excluding carboxylic acids is 2. The van der Waals surface area contributed by atoms with Crippen molar-refractivity contribution in [3.05, 3.63) is 36.0 Å². The van der Waals surface area contributed by atoms with Gasteiger partial charge >= 0.3 is 0 Å². The van der Waals surface area contributed by atoms with Gasteiger partial charge in [-0.25, -0.2) is 5.01 Å². The number of aromatic nitrogens is 1. The highest BCUT2D eigenvalue weighted by atomic mass is 16.2. The maximum atomic E-state index is 12.5. The average Bonchev–Trinajstić information content (AvgIpc) is 3.41. The molecule has 46 heavy (non-hydrogen) atoms. The molecule has 262 valence electrons. The summed E-state index contributed by atoms with van der Waals surface area (Å²) in [6.45, 7) is 5.14. The maximum absolute atomic E-state index is 12.5. The van der Waals surface area contributed by atoms with Crippen molar-refractivity contribution in [3.8, 4) is 0 Å². The molecule has 0 saturated carbocycles. The molecule has 1 heterocycles. The fourth-order valence-electron chi connectivity index (χ4n) is 6.27. The second kappa shape index (κ2) is 26.7. The van der Waals surface area contributed by atoms with Crippen molar-refractivity contribution < 1.29 is 9.59 Å². The summed E-state index contributed by atoms with van der Waals surface area (Å²) < 4.78 is 2.26. The number of rotatable bonds is 30. The first-order chi connectivity index (χ1) is 22.5. The number of fused-ring (bicyclic) bond motifs is 1. The molecule has 0 saturated heterocycles. The molecule has 0 unspecified atom stereocenters. The Morgan fingerprint density at radius 1 is 0.652 bits per heavy atom. The van der Waals surface area contributed by atoms with Gasteiger partial charge in [-0.2, -0.15) is 0 Å². The van der Waals surface area contributed by atoms with Crippen LogP contribution in [0.25, 0.3) is 10.9 Å². The minimum absolute atomic E-state index is 0.0908. The zero-order chi connectivity index (χ0) is 33.1. The van der Waals surface area contributed by atoms with Gasteiger partial charge in [0.2, 0.25) is 11.8 Å². The molecule has 0 aliphatic carbocycles. The zero-order valence-corrected chi connectivity index (χ0v) is 30.0. The van der Waals surface area contributed by atoms with E-state index in [-0.39, 0.29) is 11.8 Å². The zero-order valence-electron chi connectivity index (χ0n) is 30.0. The molecule has 0 spiro atoms. The van der Waals surface area contributed by atoms with Crippen LogP contribution in [0.3, 0.4) is 0 Å². The van der Waals surface area contributed by atoms with E-state index in [1.807, 2.05) is 19.1 Å². The number of amides is 2. The van der Waals surface area contributed by atoms with Gasteiger partial charge in [0.25, 0.3) is 0 Å². The quantitative estimate of drug-likeness (QED) is 0.0589. The molecule has 0 radical (unpaired) electrons. The van der Waals surface area contributed by atoms with Crippen LogP contribution in [-0.2, 0) is 22.7 Å². The average molecular weight is 640 g/mol. The lowest BCUT2D eigenvalue weighted by molar-refractivity contribution is -0.122. The number of hydrazine groups is 1. The molecule has 0 bridgehead atoms. The third-order valence-corrected chi connectivity index (χ3v) is 9.25. The lowest BCUT2D eigenvalue weighted by Gasteiger charge is -2.17. The molecule has 3 N–H and O–H groups in total. The van der Waals surface area contributed by atoms with Gasteiger partial charge in [0.05, 0.1) is 6.54 Å². The highest BCUT2D eigenvalue weighted by molar-refractivity contribution is 5.82. The number of benzene rings is 1. The van der Waals surface area contributed by atoms with Gasteiger partial charge in [0.15, 0.2) is 0 Å². The van der Waals surface area contributed by atoms with Crippen LogP contribution in [0.4, 0.5) is 0 Å². The lowest BCUT2D eigenvalue weighted by Crippen LogP contribution is -2.31. The third kappa shape index (κ3) is 18.7. The summed E-state index contributed by atoms with van der Waals surface area (Å²) in [5.74, 6) is 0.278. The van der Waals surface area contributed by atoms with Crippen LogP contribution in [0, 0.1) is 0 Å².